The Bertz CT molecular complexity index is 1130. The van der Waals surface area contributed by atoms with Crippen LogP contribution in [0.25, 0.3) is 0 Å². The number of carbonyl (C=O) groups excluding carboxylic acids is 3. The van der Waals surface area contributed by atoms with Gasteiger partial charge >= 0.3 is 0 Å². The first kappa shape index (κ1) is 20.4. The van der Waals surface area contributed by atoms with E-state index in [1.54, 1.807) is 0 Å². The summed E-state index contributed by atoms with van der Waals surface area (Å²) in [4.78, 5) is 42.3. The smallest absolute Gasteiger partial charge is 0.248 e. The number of hydrogen-bond donors (Lipinski definition) is 1. The molecule has 2 saturated carbocycles. The Morgan fingerprint density at radius 3 is 2.09 bits per heavy atom. The van der Waals surface area contributed by atoms with E-state index in [9.17, 15) is 14.4 Å². The molecule has 0 radical (unpaired) electrons. The highest BCUT2D eigenvalue weighted by Gasteiger charge is 2.67. The monoisotopic (exact) mass is 440 g/mol. The lowest BCUT2D eigenvalue weighted by Gasteiger charge is -2.37. The van der Waals surface area contributed by atoms with Crippen LogP contribution >= 0.6 is 0 Å². The average Bonchev–Trinajstić information content (AvgIpc) is 3.56. The Morgan fingerprint density at radius 1 is 0.939 bits per heavy atom. The molecular formula is C28H28N2O3. The Balaban J connectivity index is 1.34. The maximum absolute atomic E-state index is 13.7. The Hall–Kier alpha value is -3.21. The summed E-state index contributed by atoms with van der Waals surface area (Å²) >= 11 is 0. The van der Waals surface area contributed by atoms with Gasteiger partial charge in [-0.2, -0.15) is 0 Å². The minimum absolute atomic E-state index is 0.145. The lowest BCUT2D eigenvalue weighted by atomic mass is 9.63. The van der Waals surface area contributed by atoms with Crippen molar-refractivity contribution in [1.29, 1.82) is 0 Å². The number of rotatable bonds is 5. The number of nitrogens with one attached hydrogen (secondary N) is 1. The van der Waals surface area contributed by atoms with Crippen molar-refractivity contribution in [2.24, 2.45) is 35.5 Å². The fraction of sp³-hybridized carbons (Fsp3) is 0.393. The van der Waals surface area contributed by atoms with E-state index >= 15 is 0 Å². The van der Waals surface area contributed by atoms with Crippen molar-refractivity contribution in [1.82, 2.24) is 4.90 Å². The zero-order valence-electron chi connectivity index (χ0n) is 18.9. The van der Waals surface area contributed by atoms with Crippen molar-refractivity contribution in [3.8, 4) is 0 Å². The Morgan fingerprint density at radius 2 is 1.52 bits per heavy atom. The Kier molecular flexibility index (Phi) is 4.58. The molecule has 0 aromatic heterocycles. The SMILES string of the molecule is Cc1cc(C)cc(NC(=O)[C@H](Cc2ccccc2)N2C(=O)[C@@H]3[C@H]4C=C[C@@H]([C@@H]5C[C@@H]45)[C@H]3C2=O)c1. The summed E-state index contributed by atoms with van der Waals surface area (Å²) in [7, 11) is 0. The minimum Gasteiger partial charge on any atom is -0.324 e. The van der Waals surface area contributed by atoms with Gasteiger partial charge in [-0.15, -0.1) is 0 Å². The lowest BCUT2D eigenvalue weighted by Crippen LogP contribution is -2.49. The van der Waals surface area contributed by atoms with E-state index in [2.05, 4.69) is 17.5 Å². The summed E-state index contributed by atoms with van der Waals surface area (Å²) in [5, 5.41) is 3.00. The number of nitrogens with zero attached hydrogens (tertiary/aromatic N) is 1. The number of hydrogen-bond acceptors (Lipinski definition) is 3. The van der Waals surface area contributed by atoms with Crippen LogP contribution in [-0.2, 0) is 20.8 Å². The van der Waals surface area contributed by atoms with E-state index < -0.39 is 6.04 Å². The second-order valence-corrected chi connectivity index (χ2v) is 10.3. The molecule has 2 aromatic rings. The van der Waals surface area contributed by atoms with Gasteiger partial charge in [0, 0.05) is 12.1 Å². The third-order valence-electron chi connectivity index (χ3n) is 8.07. The molecule has 2 aromatic carbocycles. The number of allylic oxidation sites excluding steroid dienone is 2. The quantitative estimate of drug-likeness (QED) is 0.566. The van der Waals surface area contributed by atoms with Crippen LogP contribution in [0.15, 0.2) is 60.7 Å². The summed E-state index contributed by atoms with van der Waals surface area (Å²) in [6.45, 7) is 3.97. The second kappa shape index (κ2) is 7.41. The standard InChI is InChI=1S/C28H28N2O3/c1-15-10-16(2)12-18(11-15)29-26(31)23(13-17-6-4-3-5-7-17)30-27(32)24-19-8-9-20(22-14-21(19)22)25(24)28(30)33/h3-12,19-25H,13-14H2,1-2H3,(H,29,31)/t19-,20-,21-,22-,23-,24+,25+/m0/s1. The van der Waals surface area contributed by atoms with Gasteiger partial charge in [-0.25, -0.2) is 0 Å². The van der Waals surface area contributed by atoms with Crippen molar-refractivity contribution in [3.63, 3.8) is 0 Å². The van der Waals surface area contributed by atoms with Crippen LogP contribution in [0.2, 0.25) is 0 Å². The fourth-order valence-electron chi connectivity index (χ4n) is 6.70. The molecule has 5 aliphatic rings. The van der Waals surface area contributed by atoms with Gasteiger partial charge in [-0.1, -0.05) is 48.6 Å². The maximum Gasteiger partial charge on any atom is 0.248 e. The highest BCUT2D eigenvalue weighted by Crippen LogP contribution is 2.65. The minimum atomic E-state index is -0.866. The summed E-state index contributed by atoms with van der Waals surface area (Å²) in [6.07, 6.45) is 5.76. The van der Waals surface area contributed by atoms with Gasteiger partial charge in [0.2, 0.25) is 17.7 Å². The van der Waals surface area contributed by atoms with Crippen molar-refractivity contribution in [2.75, 3.05) is 5.32 Å². The topological polar surface area (TPSA) is 66.5 Å². The van der Waals surface area contributed by atoms with Gasteiger partial charge in [0.15, 0.2) is 0 Å². The molecule has 1 heterocycles. The van der Waals surface area contributed by atoms with Crippen LogP contribution in [0.5, 0.6) is 0 Å². The normalized spacial score (nSPS) is 31.9. The molecular weight excluding hydrogens is 412 g/mol. The third kappa shape index (κ3) is 3.25. The molecule has 7 atom stereocenters. The number of aryl methyl sites for hydroxylation is 2. The summed E-state index contributed by atoms with van der Waals surface area (Å²) in [6, 6.07) is 14.6. The highest BCUT2D eigenvalue weighted by molar-refractivity contribution is 6.10. The van der Waals surface area contributed by atoms with Crippen LogP contribution in [0, 0.1) is 49.4 Å². The molecule has 4 aliphatic carbocycles. The van der Waals surface area contributed by atoms with Crippen LogP contribution in [0.4, 0.5) is 5.69 Å². The Labute approximate surface area is 193 Å². The van der Waals surface area contributed by atoms with Crippen LogP contribution in [0.1, 0.15) is 23.1 Å². The zero-order chi connectivity index (χ0) is 22.9. The second-order valence-electron chi connectivity index (χ2n) is 10.3. The van der Waals surface area contributed by atoms with Crippen molar-refractivity contribution in [3.05, 3.63) is 77.4 Å². The van der Waals surface area contributed by atoms with Gasteiger partial charge in [0.05, 0.1) is 11.8 Å². The van der Waals surface area contributed by atoms with Crippen molar-refractivity contribution in [2.45, 2.75) is 32.7 Å². The molecule has 5 nitrogen and oxygen atoms in total. The molecule has 1 saturated heterocycles. The predicted octanol–water partition coefficient (Wildman–Crippen LogP) is 3.91. The molecule has 1 aliphatic heterocycles. The molecule has 2 bridgehead atoms. The van der Waals surface area contributed by atoms with Crippen molar-refractivity contribution < 1.29 is 14.4 Å². The van der Waals surface area contributed by atoms with Gasteiger partial charge in [0.1, 0.15) is 6.04 Å². The van der Waals surface area contributed by atoms with Crippen molar-refractivity contribution >= 4 is 23.4 Å². The molecule has 3 fully saturated rings. The molecule has 168 valence electrons. The number of benzene rings is 2. The van der Waals surface area contributed by atoms with E-state index in [1.165, 1.54) is 4.90 Å². The first-order valence-electron chi connectivity index (χ1n) is 11.9. The number of amides is 3. The summed E-state index contributed by atoms with van der Waals surface area (Å²) < 4.78 is 0. The first-order valence-corrected chi connectivity index (χ1v) is 11.9. The number of imide groups is 1. The fourth-order valence-corrected chi connectivity index (χ4v) is 6.70. The zero-order valence-corrected chi connectivity index (χ0v) is 18.9. The summed E-state index contributed by atoms with van der Waals surface area (Å²) in [5.74, 6) is 0.126. The van der Waals surface area contributed by atoms with E-state index in [0.717, 1.165) is 23.1 Å². The summed E-state index contributed by atoms with van der Waals surface area (Å²) in [5.41, 5.74) is 3.71. The van der Waals surface area contributed by atoms with Gasteiger partial charge < -0.3 is 5.32 Å². The highest BCUT2D eigenvalue weighted by atomic mass is 16.2. The molecule has 0 spiro atoms. The van der Waals surface area contributed by atoms with Gasteiger partial charge in [0.25, 0.3) is 0 Å². The lowest BCUT2D eigenvalue weighted by molar-refractivity contribution is -0.146. The van der Waals surface area contributed by atoms with Gasteiger partial charge in [-0.05, 0) is 72.8 Å². The molecule has 0 unspecified atom stereocenters. The average molecular weight is 441 g/mol. The van der Waals surface area contributed by atoms with E-state index in [-0.39, 0.29) is 41.4 Å². The molecule has 1 N–H and O–H groups in total. The number of likely N-dealkylation sites (tertiary alicyclic amines) is 1. The number of anilines is 1. The van der Waals surface area contributed by atoms with E-state index in [1.807, 2.05) is 62.4 Å². The predicted molar refractivity (Wildman–Crippen MR) is 125 cm³/mol. The van der Waals surface area contributed by atoms with Crippen LogP contribution in [0.3, 0.4) is 0 Å². The maximum atomic E-state index is 13.7. The van der Waals surface area contributed by atoms with Crippen LogP contribution in [-0.4, -0.2) is 28.7 Å². The van der Waals surface area contributed by atoms with Crippen LogP contribution < -0.4 is 5.32 Å². The molecule has 3 amide bonds. The molecule has 7 rings (SSSR count). The number of carbonyl (C=O) groups is 3. The van der Waals surface area contributed by atoms with E-state index in [4.69, 9.17) is 0 Å². The molecule has 5 heteroatoms. The van der Waals surface area contributed by atoms with Gasteiger partial charge in [-0.3, -0.25) is 19.3 Å². The molecule has 33 heavy (non-hydrogen) atoms. The van der Waals surface area contributed by atoms with E-state index in [0.29, 0.717) is 23.9 Å². The third-order valence-corrected chi connectivity index (χ3v) is 8.07. The first-order chi connectivity index (χ1) is 15.9. The largest absolute Gasteiger partial charge is 0.324 e.